The minimum atomic E-state index is -0.124. The number of hydrogen-bond donors (Lipinski definition) is 1. The van der Waals surface area contributed by atoms with Gasteiger partial charge in [0, 0.05) is 6.04 Å². The summed E-state index contributed by atoms with van der Waals surface area (Å²) < 4.78 is 5.13. The molecule has 1 aromatic heterocycles. The van der Waals surface area contributed by atoms with E-state index in [4.69, 9.17) is 10.3 Å². The molecule has 2 rings (SSSR count). The second-order valence-corrected chi connectivity index (χ2v) is 3.90. The van der Waals surface area contributed by atoms with Crippen LogP contribution in [0, 0.1) is 6.92 Å². The zero-order chi connectivity index (χ0) is 11.5. The molecule has 0 fully saturated rings. The van der Waals surface area contributed by atoms with E-state index in [1.165, 1.54) is 0 Å². The maximum absolute atomic E-state index is 6.15. The van der Waals surface area contributed by atoms with Gasteiger partial charge in [0.2, 0.25) is 5.89 Å². The van der Waals surface area contributed by atoms with Crippen molar-refractivity contribution >= 4 is 0 Å². The molecule has 0 amide bonds. The van der Waals surface area contributed by atoms with Crippen molar-refractivity contribution in [2.45, 2.75) is 25.8 Å². The van der Waals surface area contributed by atoms with Gasteiger partial charge in [0.05, 0.1) is 5.92 Å². The number of nitrogens with zero attached hydrogens (tertiary/aromatic N) is 2. The lowest BCUT2D eigenvalue weighted by Crippen LogP contribution is -2.17. The van der Waals surface area contributed by atoms with Crippen molar-refractivity contribution in [3.8, 4) is 0 Å². The number of nitrogens with two attached hydrogens (primary N) is 1. The Balaban J connectivity index is 2.19. The number of benzene rings is 1. The highest BCUT2D eigenvalue weighted by Gasteiger charge is 2.21. The molecule has 2 N–H and O–H groups in total. The summed E-state index contributed by atoms with van der Waals surface area (Å²) in [5.41, 5.74) is 7.23. The first-order valence-corrected chi connectivity index (χ1v) is 5.29. The van der Waals surface area contributed by atoms with E-state index in [1.807, 2.05) is 37.3 Å². The molecule has 0 radical (unpaired) electrons. The fourth-order valence-electron chi connectivity index (χ4n) is 1.62. The average molecular weight is 217 g/mol. The zero-order valence-electron chi connectivity index (χ0n) is 9.42. The second-order valence-electron chi connectivity index (χ2n) is 3.90. The predicted octanol–water partition coefficient (Wildman–Crippen LogP) is 2.18. The molecule has 1 aromatic carbocycles. The first kappa shape index (κ1) is 10.8. The monoisotopic (exact) mass is 217 g/mol. The van der Waals surface area contributed by atoms with Crippen LogP contribution in [0.1, 0.15) is 36.2 Å². The number of aryl methyl sites for hydroxylation is 1. The van der Waals surface area contributed by atoms with E-state index >= 15 is 0 Å². The van der Waals surface area contributed by atoms with Crippen LogP contribution in [-0.4, -0.2) is 10.1 Å². The quantitative estimate of drug-likeness (QED) is 0.855. The highest BCUT2D eigenvalue weighted by Crippen LogP contribution is 2.26. The highest BCUT2D eigenvalue weighted by atomic mass is 16.5. The molecule has 0 aliphatic carbocycles. The van der Waals surface area contributed by atoms with E-state index in [1.54, 1.807) is 6.92 Å². The summed E-state index contributed by atoms with van der Waals surface area (Å²) in [5.74, 6) is 1.25. The SMILES string of the molecule is Cc1noc(C(C)C(N)c2ccccc2)n1. The molecule has 0 saturated carbocycles. The van der Waals surface area contributed by atoms with E-state index in [0.717, 1.165) is 5.56 Å². The summed E-state index contributed by atoms with van der Waals surface area (Å²) in [4.78, 5) is 4.20. The van der Waals surface area contributed by atoms with Gasteiger partial charge in [0.25, 0.3) is 0 Å². The molecular weight excluding hydrogens is 202 g/mol. The van der Waals surface area contributed by atoms with Crippen LogP contribution in [0.3, 0.4) is 0 Å². The van der Waals surface area contributed by atoms with Gasteiger partial charge in [-0.25, -0.2) is 0 Å². The molecule has 0 aliphatic rings. The summed E-state index contributed by atoms with van der Waals surface area (Å²) in [7, 11) is 0. The Kier molecular flexibility index (Phi) is 3.01. The standard InChI is InChI=1S/C12H15N3O/c1-8(12-14-9(2)15-16-12)11(13)10-6-4-3-5-7-10/h3-8,11H,13H2,1-2H3. The van der Waals surface area contributed by atoms with Crippen LogP contribution in [0.25, 0.3) is 0 Å². The maximum Gasteiger partial charge on any atom is 0.231 e. The van der Waals surface area contributed by atoms with Gasteiger partial charge in [-0.1, -0.05) is 42.4 Å². The van der Waals surface area contributed by atoms with Crippen molar-refractivity contribution in [3.63, 3.8) is 0 Å². The van der Waals surface area contributed by atoms with Crippen molar-refractivity contribution < 1.29 is 4.52 Å². The number of hydrogen-bond acceptors (Lipinski definition) is 4. The fourth-order valence-corrected chi connectivity index (χ4v) is 1.62. The van der Waals surface area contributed by atoms with E-state index in [9.17, 15) is 0 Å². The van der Waals surface area contributed by atoms with Crippen molar-refractivity contribution in [2.75, 3.05) is 0 Å². The molecule has 2 unspecified atom stereocenters. The third kappa shape index (κ3) is 2.12. The van der Waals surface area contributed by atoms with Crippen LogP contribution in [-0.2, 0) is 0 Å². The normalized spacial score (nSPS) is 14.7. The summed E-state index contributed by atoms with van der Waals surface area (Å²) in [6, 6.07) is 9.80. The average Bonchev–Trinajstić information content (AvgIpc) is 2.75. The number of aromatic nitrogens is 2. The predicted molar refractivity (Wildman–Crippen MR) is 60.8 cm³/mol. The lowest BCUT2D eigenvalue weighted by molar-refractivity contribution is 0.341. The molecule has 2 aromatic rings. The second kappa shape index (κ2) is 4.45. The van der Waals surface area contributed by atoms with Crippen LogP contribution in [0.15, 0.2) is 34.9 Å². The fraction of sp³-hybridized carbons (Fsp3) is 0.333. The lowest BCUT2D eigenvalue weighted by atomic mass is 9.95. The van der Waals surface area contributed by atoms with Crippen molar-refractivity contribution in [2.24, 2.45) is 5.73 Å². The summed E-state index contributed by atoms with van der Waals surface area (Å²) in [5, 5.41) is 3.77. The van der Waals surface area contributed by atoms with Gasteiger partial charge in [-0.3, -0.25) is 0 Å². The molecular formula is C12H15N3O. The van der Waals surface area contributed by atoms with Crippen molar-refractivity contribution in [1.29, 1.82) is 0 Å². The van der Waals surface area contributed by atoms with Gasteiger partial charge >= 0.3 is 0 Å². The molecule has 4 nitrogen and oxygen atoms in total. The third-order valence-corrected chi connectivity index (χ3v) is 2.66. The maximum atomic E-state index is 6.15. The molecule has 0 spiro atoms. The van der Waals surface area contributed by atoms with Gasteiger partial charge in [-0.05, 0) is 12.5 Å². The Morgan fingerprint density at radius 2 is 1.94 bits per heavy atom. The Morgan fingerprint density at radius 1 is 1.25 bits per heavy atom. The Bertz CT molecular complexity index is 452. The molecule has 2 atom stereocenters. The summed E-state index contributed by atoms with van der Waals surface area (Å²) in [6.45, 7) is 3.79. The van der Waals surface area contributed by atoms with E-state index in [-0.39, 0.29) is 12.0 Å². The highest BCUT2D eigenvalue weighted by molar-refractivity contribution is 5.21. The van der Waals surface area contributed by atoms with Crippen LogP contribution in [0.5, 0.6) is 0 Å². The molecule has 0 bridgehead atoms. The zero-order valence-corrected chi connectivity index (χ0v) is 9.42. The molecule has 1 heterocycles. The molecule has 84 valence electrons. The number of rotatable bonds is 3. The third-order valence-electron chi connectivity index (χ3n) is 2.66. The van der Waals surface area contributed by atoms with E-state index in [0.29, 0.717) is 11.7 Å². The van der Waals surface area contributed by atoms with Crippen molar-refractivity contribution in [1.82, 2.24) is 10.1 Å². The summed E-state index contributed by atoms with van der Waals surface area (Å²) >= 11 is 0. The van der Waals surface area contributed by atoms with Gasteiger partial charge < -0.3 is 10.3 Å². The van der Waals surface area contributed by atoms with Crippen LogP contribution < -0.4 is 5.73 Å². The lowest BCUT2D eigenvalue weighted by Gasteiger charge is -2.16. The van der Waals surface area contributed by atoms with Crippen LogP contribution >= 0.6 is 0 Å². The van der Waals surface area contributed by atoms with Crippen LogP contribution in [0.2, 0.25) is 0 Å². The van der Waals surface area contributed by atoms with E-state index < -0.39 is 0 Å². The van der Waals surface area contributed by atoms with Gasteiger partial charge in [-0.15, -0.1) is 0 Å². The van der Waals surface area contributed by atoms with Crippen LogP contribution in [0.4, 0.5) is 0 Å². The smallest absolute Gasteiger partial charge is 0.231 e. The minimum Gasteiger partial charge on any atom is -0.339 e. The Labute approximate surface area is 94.5 Å². The molecule has 4 heteroatoms. The van der Waals surface area contributed by atoms with Gasteiger partial charge in [-0.2, -0.15) is 4.98 Å². The molecule has 16 heavy (non-hydrogen) atoms. The van der Waals surface area contributed by atoms with Crippen molar-refractivity contribution in [3.05, 3.63) is 47.6 Å². The van der Waals surface area contributed by atoms with Gasteiger partial charge in [0.1, 0.15) is 0 Å². The topological polar surface area (TPSA) is 64.9 Å². The largest absolute Gasteiger partial charge is 0.339 e. The first-order valence-electron chi connectivity index (χ1n) is 5.29. The Morgan fingerprint density at radius 3 is 2.50 bits per heavy atom. The summed E-state index contributed by atoms with van der Waals surface area (Å²) in [6.07, 6.45) is 0. The van der Waals surface area contributed by atoms with E-state index in [2.05, 4.69) is 10.1 Å². The Hall–Kier alpha value is -1.68. The minimum absolute atomic E-state index is 0.0172. The molecule has 0 saturated heterocycles. The first-order chi connectivity index (χ1) is 7.68. The van der Waals surface area contributed by atoms with Gasteiger partial charge in [0.15, 0.2) is 5.82 Å². The molecule has 0 aliphatic heterocycles.